The highest BCUT2D eigenvalue weighted by molar-refractivity contribution is 5.85. The molecule has 5 nitrogen and oxygen atoms in total. The summed E-state index contributed by atoms with van der Waals surface area (Å²) in [5.74, 6) is 3.09. The molecule has 2 aromatic rings. The van der Waals surface area contributed by atoms with Crippen molar-refractivity contribution in [2.45, 2.75) is 25.4 Å². The summed E-state index contributed by atoms with van der Waals surface area (Å²) in [6.45, 7) is 0.827. The Bertz CT molecular complexity index is 751. The van der Waals surface area contributed by atoms with Gasteiger partial charge in [-0.05, 0) is 53.8 Å². The van der Waals surface area contributed by atoms with Crippen LogP contribution >= 0.6 is 12.4 Å². The minimum atomic E-state index is 0. The highest BCUT2D eigenvalue weighted by atomic mass is 35.5. The van der Waals surface area contributed by atoms with Crippen molar-refractivity contribution in [3.05, 3.63) is 47.0 Å². The minimum absolute atomic E-state index is 0. The molecule has 0 saturated carbocycles. The largest absolute Gasteiger partial charge is 0.493 e. The number of ether oxygens (including phenoxy) is 4. The van der Waals surface area contributed by atoms with E-state index in [1.165, 1.54) is 16.7 Å². The lowest BCUT2D eigenvalue weighted by Crippen LogP contribution is -2.37. The van der Waals surface area contributed by atoms with Crippen molar-refractivity contribution in [3.8, 4) is 23.0 Å². The molecule has 0 bridgehead atoms. The van der Waals surface area contributed by atoms with Gasteiger partial charge in [0.1, 0.15) is 0 Å². The third-order valence-corrected chi connectivity index (χ3v) is 4.68. The van der Waals surface area contributed by atoms with Crippen LogP contribution in [0.3, 0.4) is 0 Å². The fourth-order valence-corrected chi connectivity index (χ4v) is 3.35. The summed E-state index contributed by atoms with van der Waals surface area (Å²) < 4.78 is 21.5. The zero-order valence-electron chi connectivity index (χ0n) is 15.6. The predicted octanol–water partition coefficient (Wildman–Crippen LogP) is 3.40. The first-order valence-electron chi connectivity index (χ1n) is 8.36. The fraction of sp³-hybridized carbons (Fsp3) is 0.400. The summed E-state index contributed by atoms with van der Waals surface area (Å²) in [6, 6.07) is 10.6. The molecule has 6 heteroatoms. The molecular weight excluding hydrogens is 354 g/mol. The Morgan fingerprint density at radius 1 is 0.808 bits per heavy atom. The number of hydrogen-bond donors (Lipinski definition) is 1. The number of hydrogen-bond acceptors (Lipinski definition) is 5. The molecule has 0 amide bonds. The van der Waals surface area contributed by atoms with E-state index in [9.17, 15) is 0 Å². The second-order valence-electron chi connectivity index (χ2n) is 6.15. The molecule has 2 aromatic carbocycles. The third kappa shape index (κ3) is 4.17. The smallest absolute Gasteiger partial charge is 0.161 e. The fourth-order valence-electron chi connectivity index (χ4n) is 3.35. The molecule has 1 heterocycles. The molecule has 1 aliphatic heterocycles. The maximum atomic E-state index is 5.44. The minimum Gasteiger partial charge on any atom is -0.493 e. The van der Waals surface area contributed by atoms with Gasteiger partial charge in [-0.15, -0.1) is 12.4 Å². The van der Waals surface area contributed by atoms with Crippen molar-refractivity contribution < 1.29 is 18.9 Å². The van der Waals surface area contributed by atoms with E-state index >= 15 is 0 Å². The summed E-state index contributed by atoms with van der Waals surface area (Å²) in [6.07, 6.45) is 1.87. The number of rotatable bonds is 6. The number of halogens is 1. The molecule has 3 rings (SSSR count). The summed E-state index contributed by atoms with van der Waals surface area (Å²) in [7, 11) is 6.65. The van der Waals surface area contributed by atoms with Crippen LogP contribution in [0.5, 0.6) is 23.0 Å². The van der Waals surface area contributed by atoms with E-state index in [1.54, 1.807) is 28.4 Å². The predicted molar refractivity (Wildman–Crippen MR) is 104 cm³/mol. The van der Waals surface area contributed by atoms with Crippen LogP contribution in [0, 0.1) is 0 Å². The molecule has 142 valence electrons. The number of methoxy groups -OCH3 is 4. The number of fused-ring (bicyclic) bond motifs is 1. The summed E-state index contributed by atoms with van der Waals surface area (Å²) in [4.78, 5) is 0. The Morgan fingerprint density at radius 2 is 1.38 bits per heavy atom. The molecule has 0 fully saturated rings. The average Bonchev–Trinajstić information content (AvgIpc) is 2.66. The van der Waals surface area contributed by atoms with Crippen LogP contribution in [0.15, 0.2) is 30.3 Å². The maximum Gasteiger partial charge on any atom is 0.161 e. The Morgan fingerprint density at radius 3 is 2.00 bits per heavy atom. The topological polar surface area (TPSA) is 49.0 Å². The molecule has 0 aliphatic carbocycles. The Kier molecular flexibility index (Phi) is 7.00. The molecule has 1 aliphatic rings. The van der Waals surface area contributed by atoms with Crippen LogP contribution in [0.4, 0.5) is 0 Å². The van der Waals surface area contributed by atoms with Gasteiger partial charge >= 0.3 is 0 Å². The molecule has 26 heavy (non-hydrogen) atoms. The van der Waals surface area contributed by atoms with Crippen LogP contribution in [-0.4, -0.2) is 34.5 Å². The Labute approximate surface area is 161 Å². The molecule has 0 spiro atoms. The van der Waals surface area contributed by atoms with Gasteiger partial charge in [-0.1, -0.05) is 6.07 Å². The Hall–Kier alpha value is -2.11. The molecule has 0 saturated heterocycles. The average molecular weight is 380 g/mol. The van der Waals surface area contributed by atoms with E-state index in [2.05, 4.69) is 23.5 Å². The lowest BCUT2D eigenvalue weighted by atomic mass is 9.91. The highest BCUT2D eigenvalue weighted by Crippen LogP contribution is 2.33. The van der Waals surface area contributed by atoms with Gasteiger partial charge in [0, 0.05) is 12.6 Å². The second kappa shape index (κ2) is 9.01. The van der Waals surface area contributed by atoms with Crippen molar-refractivity contribution in [2.75, 3.05) is 28.4 Å². The lowest BCUT2D eigenvalue weighted by molar-refractivity contribution is 0.351. The molecule has 1 N–H and O–H groups in total. The Balaban J connectivity index is 0.00000243. The van der Waals surface area contributed by atoms with Gasteiger partial charge in [0.15, 0.2) is 23.0 Å². The van der Waals surface area contributed by atoms with Gasteiger partial charge in [0.05, 0.1) is 28.4 Å². The molecule has 0 radical (unpaired) electrons. The quantitative estimate of drug-likeness (QED) is 0.833. The highest BCUT2D eigenvalue weighted by Gasteiger charge is 2.21. The molecule has 1 atom stereocenters. The number of benzene rings is 2. The SMILES string of the molecule is COc1ccc(CC2Cc3cc(OC)c(OC)cc3CN2)cc1OC.Cl. The van der Waals surface area contributed by atoms with Gasteiger partial charge in [-0.2, -0.15) is 0 Å². The van der Waals surface area contributed by atoms with Gasteiger partial charge in [-0.25, -0.2) is 0 Å². The van der Waals surface area contributed by atoms with E-state index in [-0.39, 0.29) is 12.4 Å². The van der Waals surface area contributed by atoms with Crippen LogP contribution < -0.4 is 24.3 Å². The first kappa shape index (κ1) is 20.2. The second-order valence-corrected chi connectivity index (χ2v) is 6.15. The van der Waals surface area contributed by atoms with Crippen LogP contribution in [-0.2, 0) is 19.4 Å². The normalized spacial score (nSPS) is 15.5. The zero-order valence-corrected chi connectivity index (χ0v) is 16.4. The van der Waals surface area contributed by atoms with E-state index in [4.69, 9.17) is 18.9 Å². The third-order valence-electron chi connectivity index (χ3n) is 4.68. The van der Waals surface area contributed by atoms with Crippen molar-refractivity contribution >= 4 is 12.4 Å². The first-order chi connectivity index (χ1) is 12.2. The molecule has 0 aromatic heterocycles. The summed E-state index contributed by atoms with van der Waals surface area (Å²) in [5.41, 5.74) is 3.79. The monoisotopic (exact) mass is 379 g/mol. The lowest BCUT2D eigenvalue weighted by Gasteiger charge is -2.27. The van der Waals surface area contributed by atoms with Crippen molar-refractivity contribution in [3.63, 3.8) is 0 Å². The number of nitrogens with one attached hydrogen (secondary N) is 1. The summed E-state index contributed by atoms with van der Waals surface area (Å²) >= 11 is 0. The van der Waals surface area contributed by atoms with Crippen molar-refractivity contribution in [1.29, 1.82) is 0 Å². The van der Waals surface area contributed by atoms with E-state index in [0.29, 0.717) is 6.04 Å². The standard InChI is InChI=1S/C20H25NO4.ClH/c1-22-17-6-5-13(8-18(17)23-2)7-16-9-14-10-19(24-3)20(25-4)11-15(14)12-21-16;/h5-6,8,10-11,16,21H,7,9,12H2,1-4H3;1H. The van der Waals surface area contributed by atoms with Crippen molar-refractivity contribution in [2.24, 2.45) is 0 Å². The van der Waals surface area contributed by atoms with Crippen LogP contribution in [0.2, 0.25) is 0 Å². The van der Waals surface area contributed by atoms with Gasteiger partial charge in [0.25, 0.3) is 0 Å². The molecular formula is C20H26ClNO4. The van der Waals surface area contributed by atoms with Crippen LogP contribution in [0.25, 0.3) is 0 Å². The van der Waals surface area contributed by atoms with E-state index in [0.717, 1.165) is 42.4 Å². The zero-order chi connectivity index (χ0) is 17.8. The maximum absolute atomic E-state index is 5.44. The van der Waals surface area contributed by atoms with E-state index in [1.807, 2.05) is 12.1 Å². The first-order valence-corrected chi connectivity index (χ1v) is 8.36. The van der Waals surface area contributed by atoms with Gasteiger partial charge in [0.2, 0.25) is 0 Å². The van der Waals surface area contributed by atoms with E-state index < -0.39 is 0 Å². The molecule has 1 unspecified atom stereocenters. The summed E-state index contributed by atoms with van der Waals surface area (Å²) in [5, 5.41) is 3.61. The van der Waals surface area contributed by atoms with Gasteiger partial charge in [-0.3, -0.25) is 0 Å². The van der Waals surface area contributed by atoms with Crippen LogP contribution in [0.1, 0.15) is 16.7 Å². The van der Waals surface area contributed by atoms with Gasteiger partial charge < -0.3 is 24.3 Å². The van der Waals surface area contributed by atoms with Crippen molar-refractivity contribution in [1.82, 2.24) is 5.32 Å².